The maximum atomic E-state index is 5.62. The minimum absolute atomic E-state index is 0.532. The van der Waals surface area contributed by atoms with Crippen LogP contribution < -0.4 is 5.32 Å². The van der Waals surface area contributed by atoms with Gasteiger partial charge in [-0.15, -0.1) is 11.3 Å². The third-order valence-electron chi connectivity index (χ3n) is 2.34. The van der Waals surface area contributed by atoms with E-state index in [-0.39, 0.29) is 0 Å². The molecule has 17 heavy (non-hydrogen) atoms. The van der Waals surface area contributed by atoms with Crippen LogP contribution in [0, 0.1) is 0 Å². The van der Waals surface area contributed by atoms with Crippen molar-refractivity contribution < 1.29 is 9.15 Å². The largest absolute Gasteiger partial charge is 0.462 e. The van der Waals surface area contributed by atoms with Crippen LogP contribution in [0.5, 0.6) is 0 Å². The highest BCUT2D eigenvalue weighted by Crippen LogP contribution is 2.13. The van der Waals surface area contributed by atoms with Crippen LogP contribution in [-0.2, 0) is 24.5 Å². The molecule has 0 aliphatic carbocycles. The summed E-state index contributed by atoms with van der Waals surface area (Å²) in [6, 6.07) is 8.07. The van der Waals surface area contributed by atoms with E-state index in [0.29, 0.717) is 13.2 Å². The normalized spacial score (nSPS) is 10.9. The van der Waals surface area contributed by atoms with Crippen LogP contribution in [0.3, 0.4) is 0 Å². The van der Waals surface area contributed by atoms with Crippen molar-refractivity contribution in [3.8, 4) is 0 Å². The number of hydrogen-bond donors (Lipinski definition) is 1. The second-order valence-electron chi connectivity index (χ2n) is 3.72. The van der Waals surface area contributed by atoms with Gasteiger partial charge in [-0.3, -0.25) is 0 Å². The molecule has 0 bridgehead atoms. The van der Waals surface area contributed by atoms with E-state index in [1.165, 1.54) is 4.88 Å². The molecule has 2 aromatic heterocycles. The van der Waals surface area contributed by atoms with Gasteiger partial charge in [0.2, 0.25) is 0 Å². The van der Waals surface area contributed by atoms with Crippen molar-refractivity contribution in [2.45, 2.75) is 26.7 Å². The first-order chi connectivity index (χ1) is 8.38. The average molecular weight is 251 g/mol. The number of furan rings is 1. The van der Waals surface area contributed by atoms with E-state index in [9.17, 15) is 0 Å². The Hall–Kier alpha value is -1.10. The molecule has 2 heterocycles. The number of rotatable bonds is 7. The molecule has 2 aromatic rings. The predicted molar refractivity (Wildman–Crippen MR) is 68.9 cm³/mol. The highest BCUT2D eigenvalue weighted by molar-refractivity contribution is 7.09. The van der Waals surface area contributed by atoms with E-state index < -0.39 is 0 Å². The average Bonchev–Trinajstić information content (AvgIpc) is 2.98. The molecular formula is C13H17NO2S. The van der Waals surface area contributed by atoms with Gasteiger partial charge in [0, 0.05) is 4.88 Å². The van der Waals surface area contributed by atoms with Crippen molar-refractivity contribution in [3.63, 3.8) is 0 Å². The van der Waals surface area contributed by atoms with Gasteiger partial charge in [0.25, 0.3) is 0 Å². The molecular weight excluding hydrogens is 234 g/mol. The maximum absolute atomic E-state index is 5.62. The first-order valence-electron chi connectivity index (χ1n) is 5.77. The highest BCUT2D eigenvalue weighted by atomic mass is 32.1. The predicted octanol–water partition coefficient (Wildman–Crippen LogP) is 3.17. The van der Waals surface area contributed by atoms with Crippen molar-refractivity contribution in [3.05, 3.63) is 46.0 Å². The standard InChI is InChI=1S/C13H17NO2S/c1-2-14-8-11-5-6-12(16-11)9-15-10-13-4-3-7-17-13/h3-7,14H,2,8-10H2,1H3. The van der Waals surface area contributed by atoms with Crippen molar-refractivity contribution in [2.75, 3.05) is 6.54 Å². The molecule has 3 nitrogen and oxygen atoms in total. The van der Waals surface area contributed by atoms with Gasteiger partial charge in [0.05, 0.1) is 13.2 Å². The second kappa shape index (κ2) is 6.59. The molecule has 0 saturated heterocycles. The van der Waals surface area contributed by atoms with Crippen LogP contribution in [0.1, 0.15) is 23.3 Å². The number of nitrogens with one attached hydrogen (secondary N) is 1. The van der Waals surface area contributed by atoms with E-state index in [0.717, 1.165) is 24.6 Å². The van der Waals surface area contributed by atoms with Crippen LogP contribution in [0.4, 0.5) is 0 Å². The topological polar surface area (TPSA) is 34.4 Å². The summed E-state index contributed by atoms with van der Waals surface area (Å²) in [4.78, 5) is 1.24. The molecule has 2 rings (SSSR count). The zero-order valence-corrected chi connectivity index (χ0v) is 10.8. The quantitative estimate of drug-likeness (QED) is 0.820. The van der Waals surface area contributed by atoms with Gasteiger partial charge in [-0.25, -0.2) is 0 Å². The van der Waals surface area contributed by atoms with Gasteiger partial charge >= 0.3 is 0 Å². The Morgan fingerprint density at radius 3 is 2.88 bits per heavy atom. The zero-order valence-electron chi connectivity index (χ0n) is 9.94. The molecule has 0 unspecified atom stereocenters. The Bertz CT molecular complexity index is 422. The van der Waals surface area contributed by atoms with E-state index in [1.54, 1.807) is 11.3 Å². The fourth-order valence-electron chi connectivity index (χ4n) is 1.49. The lowest BCUT2D eigenvalue weighted by Gasteiger charge is -2.00. The first kappa shape index (κ1) is 12.4. The molecule has 0 atom stereocenters. The number of hydrogen-bond acceptors (Lipinski definition) is 4. The molecule has 1 N–H and O–H groups in total. The summed E-state index contributed by atoms with van der Waals surface area (Å²) < 4.78 is 11.2. The van der Waals surface area contributed by atoms with Gasteiger partial charge in [0.1, 0.15) is 18.1 Å². The monoisotopic (exact) mass is 251 g/mol. The van der Waals surface area contributed by atoms with Crippen LogP contribution >= 0.6 is 11.3 Å². The smallest absolute Gasteiger partial charge is 0.129 e. The summed E-state index contributed by atoms with van der Waals surface area (Å²) in [5.74, 6) is 1.84. The molecule has 0 aliphatic rings. The molecule has 0 radical (unpaired) electrons. The Balaban J connectivity index is 1.73. The van der Waals surface area contributed by atoms with Gasteiger partial charge in [0.15, 0.2) is 0 Å². The van der Waals surface area contributed by atoms with Gasteiger partial charge in [-0.2, -0.15) is 0 Å². The molecule has 0 aromatic carbocycles. The van der Waals surface area contributed by atoms with E-state index >= 15 is 0 Å². The van der Waals surface area contributed by atoms with Crippen molar-refractivity contribution in [1.29, 1.82) is 0 Å². The third kappa shape index (κ3) is 4.00. The summed E-state index contributed by atoms with van der Waals surface area (Å²) >= 11 is 1.71. The van der Waals surface area contributed by atoms with Crippen molar-refractivity contribution in [1.82, 2.24) is 5.32 Å². The summed E-state index contributed by atoms with van der Waals surface area (Å²) in [5.41, 5.74) is 0. The third-order valence-corrected chi connectivity index (χ3v) is 3.19. The molecule has 4 heteroatoms. The Morgan fingerprint density at radius 1 is 1.24 bits per heavy atom. The summed E-state index contributed by atoms with van der Waals surface area (Å²) in [6.07, 6.45) is 0. The molecule has 0 fully saturated rings. The molecule has 0 aliphatic heterocycles. The lowest BCUT2D eigenvalue weighted by atomic mass is 10.4. The Morgan fingerprint density at radius 2 is 2.12 bits per heavy atom. The van der Waals surface area contributed by atoms with Crippen LogP contribution in [-0.4, -0.2) is 6.54 Å². The van der Waals surface area contributed by atoms with Crippen LogP contribution in [0.25, 0.3) is 0 Å². The van der Waals surface area contributed by atoms with Crippen molar-refractivity contribution >= 4 is 11.3 Å². The van der Waals surface area contributed by atoms with E-state index in [4.69, 9.17) is 9.15 Å². The summed E-state index contributed by atoms with van der Waals surface area (Å²) in [6.45, 7) is 4.99. The molecule has 0 spiro atoms. The first-order valence-corrected chi connectivity index (χ1v) is 6.65. The minimum Gasteiger partial charge on any atom is -0.462 e. The fraction of sp³-hybridized carbons (Fsp3) is 0.385. The molecule has 92 valence electrons. The maximum Gasteiger partial charge on any atom is 0.129 e. The second-order valence-corrected chi connectivity index (χ2v) is 4.75. The number of ether oxygens (including phenoxy) is 1. The van der Waals surface area contributed by atoms with E-state index in [1.807, 2.05) is 18.2 Å². The lowest BCUT2D eigenvalue weighted by molar-refractivity contribution is 0.0939. The minimum atomic E-state index is 0.532. The highest BCUT2D eigenvalue weighted by Gasteiger charge is 2.02. The van der Waals surface area contributed by atoms with E-state index in [2.05, 4.69) is 23.7 Å². The zero-order chi connectivity index (χ0) is 11.9. The van der Waals surface area contributed by atoms with Gasteiger partial charge < -0.3 is 14.5 Å². The fourth-order valence-corrected chi connectivity index (χ4v) is 2.13. The lowest BCUT2D eigenvalue weighted by Crippen LogP contribution is -2.10. The Kier molecular flexibility index (Phi) is 4.79. The SMILES string of the molecule is CCNCc1ccc(COCc2cccs2)o1. The summed E-state index contributed by atoms with van der Waals surface area (Å²) in [7, 11) is 0. The van der Waals surface area contributed by atoms with Gasteiger partial charge in [-0.05, 0) is 30.1 Å². The Labute approximate surface area is 105 Å². The molecule has 0 amide bonds. The van der Waals surface area contributed by atoms with Gasteiger partial charge in [-0.1, -0.05) is 13.0 Å². The van der Waals surface area contributed by atoms with Crippen LogP contribution in [0.2, 0.25) is 0 Å². The van der Waals surface area contributed by atoms with Crippen LogP contribution in [0.15, 0.2) is 34.1 Å². The van der Waals surface area contributed by atoms with Crippen molar-refractivity contribution in [2.24, 2.45) is 0 Å². The summed E-state index contributed by atoms with van der Waals surface area (Å²) in [5, 5.41) is 5.28. The number of thiophene rings is 1. The molecule has 0 saturated carbocycles.